The highest BCUT2D eigenvalue weighted by molar-refractivity contribution is 9.09. The zero-order valence-corrected chi connectivity index (χ0v) is 8.47. The van der Waals surface area contributed by atoms with Crippen LogP contribution in [0, 0.1) is 0 Å². The van der Waals surface area contributed by atoms with Crippen LogP contribution in [0.25, 0.3) is 0 Å². The summed E-state index contributed by atoms with van der Waals surface area (Å²) < 4.78 is 0. The summed E-state index contributed by atoms with van der Waals surface area (Å²) in [7, 11) is 0. The lowest BCUT2D eigenvalue weighted by atomic mass is 10.1. The van der Waals surface area contributed by atoms with Gasteiger partial charge in [-0.1, -0.05) is 15.9 Å². The Labute approximate surface area is 80.1 Å². The van der Waals surface area contributed by atoms with E-state index in [1.807, 2.05) is 6.07 Å². The van der Waals surface area contributed by atoms with Crippen molar-refractivity contribution in [1.29, 1.82) is 0 Å². The SMILES string of the molecule is CC(=O)c1ccnc(CCBr)c1. The van der Waals surface area contributed by atoms with Gasteiger partial charge in [0.25, 0.3) is 0 Å². The number of alkyl halides is 1. The van der Waals surface area contributed by atoms with Gasteiger partial charge in [0.1, 0.15) is 0 Å². The van der Waals surface area contributed by atoms with E-state index in [-0.39, 0.29) is 5.78 Å². The first-order valence-electron chi connectivity index (χ1n) is 3.76. The molecular formula is C9H10BrNO. The Kier molecular flexibility index (Phi) is 3.41. The van der Waals surface area contributed by atoms with Crippen LogP contribution in [-0.2, 0) is 6.42 Å². The van der Waals surface area contributed by atoms with Crippen LogP contribution in [0.2, 0.25) is 0 Å². The maximum atomic E-state index is 11.0. The smallest absolute Gasteiger partial charge is 0.159 e. The number of carbonyl (C=O) groups excluding carboxylic acids is 1. The molecule has 0 spiro atoms. The summed E-state index contributed by atoms with van der Waals surface area (Å²) in [5.41, 5.74) is 1.69. The minimum Gasteiger partial charge on any atom is -0.295 e. The summed E-state index contributed by atoms with van der Waals surface area (Å²) in [4.78, 5) is 15.1. The van der Waals surface area contributed by atoms with Crippen molar-refractivity contribution in [2.75, 3.05) is 5.33 Å². The average Bonchev–Trinajstić information content (AvgIpc) is 2.05. The normalized spacial score (nSPS) is 9.83. The zero-order valence-electron chi connectivity index (χ0n) is 6.88. The van der Waals surface area contributed by atoms with Crippen LogP contribution in [0.5, 0.6) is 0 Å². The summed E-state index contributed by atoms with van der Waals surface area (Å²) >= 11 is 3.32. The van der Waals surface area contributed by atoms with Gasteiger partial charge in [0.2, 0.25) is 0 Å². The van der Waals surface area contributed by atoms with Gasteiger partial charge in [-0.15, -0.1) is 0 Å². The molecule has 0 atom stereocenters. The third kappa shape index (κ3) is 2.41. The van der Waals surface area contributed by atoms with Gasteiger partial charge in [-0.25, -0.2) is 0 Å². The molecule has 0 bridgehead atoms. The number of aromatic nitrogens is 1. The Morgan fingerprint density at radius 2 is 2.42 bits per heavy atom. The van der Waals surface area contributed by atoms with Gasteiger partial charge in [0.05, 0.1) is 0 Å². The van der Waals surface area contributed by atoms with Gasteiger partial charge in [-0.05, 0) is 25.5 Å². The molecule has 0 aliphatic rings. The molecule has 0 radical (unpaired) electrons. The van der Waals surface area contributed by atoms with Crippen LogP contribution in [0.3, 0.4) is 0 Å². The topological polar surface area (TPSA) is 30.0 Å². The van der Waals surface area contributed by atoms with Gasteiger partial charge in [0.15, 0.2) is 5.78 Å². The first-order valence-corrected chi connectivity index (χ1v) is 4.88. The molecule has 3 heteroatoms. The second kappa shape index (κ2) is 4.36. The number of aryl methyl sites for hydroxylation is 1. The Morgan fingerprint density at radius 3 is 3.00 bits per heavy atom. The number of carbonyl (C=O) groups is 1. The molecule has 0 aromatic carbocycles. The Bertz CT molecular complexity index is 286. The molecule has 64 valence electrons. The molecule has 0 N–H and O–H groups in total. The molecule has 1 aromatic rings. The maximum Gasteiger partial charge on any atom is 0.159 e. The number of rotatable bonds is 3. The van der Waals surface area contributed by atoms with Gasteiger partial charge < -0.3 is 0 Å². The molecule has 1 aromatic heterocycles. The molecular weight excluding hydrogens is 218 g/mol. The molecule has 2 nitrogen and oxygen atoms in total. The highest BCUT2D eigenvalue weighted by Crippen LogP contribution is 2.04. The minimum absolute atomic E-state index is 0.0909. The lowest BCUT2D eigenvalue weighted by molar-refractivity contribution is 0.101. The third-order valence-electron chi connectivity index (χ3n) is 1.57. The number of hydrogen-bond acceptors (Lipinski definition) is 2. The van der Waals surface area contributed by atoms with Crippen molar-refractivity contribution >= 4 is 21.7 Å². The summed E-state index contributed by atoms with van der Waals surface area (Å²) in [5.74, 6) is 0.0909. The van der Waals surface area contributed by atoms with Crippen LogP contribution in [-0.4, -0.2) is 16.1 Å². The molecule has 0 amide bonds. The summed E-state index contributed by atoms with van der Waals surface area (Å²) in [6, 6.07) is 3.57. The summed E-state index contributed by atoms with van der Waals surface area (Å²) in [6.45, 7) is 1.56. The van der Waals surface area contributed by atoms with E-state index < -0.39 is 0 Å². The van der Waals surface area contributed by atoms with E-state index in [4.69, 9.17) is 0 Å². The zero-order chi connectivity index (χ0) is 8.97. The third-order valence-corrected chi connectivity index (χ3v) is 1.97. The maximum absolute atomic E-state index is 11.0. The quantitative estimate of drug-likeness (QED) is 0.586. The van der Waals surface area contributed by atoms with E-state index in [0.717, 1.165) is 23.0 Å². The van der Waals surface area contributed by atoms with Crippen molar-refractivity contribution in [1.82, 2.24) is 4.98 Å². The first kappa shape index (κ1) is 9.39. The van der Waals surface area contributed by atoms with Crippen molar-refractivity contribution in [2.24, 2.45) is 0 Å². The Balaban J connectivity index is 2.88. The number of nitrogens with zero attached hydrogens (tertiary/aromatic N) is 1. The number of halogens is 1. The predicted octanol–water partition coefficient (Wildman–Crippen LogP) is 2.22. The number of ketones is 1. The second-order valence-electron chi connectivity index (χ2n) is 2.53. The lowest BCUT2D eigenvalue weighted by Crippen LogP contribution is -1.96. The van der Waals surface area contributed by atoms with Crippen molar-refractivity contribution in [3.05, 3.63) is 29.6 Å². The van der Waals surface area contributed by atoms with Gasteiger partial charge in [0, 0.05) is 22.8 Å². The first-order chi connectivity index (χ1) is 5.74. The molecule has 0 unspecified atom stereocenters. The number of pyridine rings is 1. The summed E-state index contributed by atoms with van der Waals surface area (Å²) in [5, 5.41) is 0.876. The van der Waals surface area contributed by atoms with E-state index in [1.54, 1.807) is 19.2 Å². The van der Waals surface area contributed by atoms with E-state index in [1.165, 1.54) is 0 Å². The van der Waals surface area contributed by atoms with E-state index in [2.05, 4.69) is 20.9 Å². The van der Waals surface area contributed by atoms with Gasteiger partial charge in [-0.3, -0.25) is 9.78 Å². The Morgan fingerprint density at radius 1 is 1.67 bits per heavy atom. The molecule has 0 fully saturated rings. The van der Waals surface area contributed by atoms with Crippen molar-refractivity contribution < 1.29 is 4.79 Å². The highest BCUT2D eigenvalue weighted by Gasteiger charge is 2.00. The van der Waals surface area contributed by atoms with Gasteiger partial charge >= 0.3 is 0 Å². The van der Waals surface area contributed by atoms with E-state index in [9.17, 15) is 4.79 Å². The predicted molar refractivity (Wildman–Crippen MR) is 51.7 cm³/mol. The summed E-state index contributed by atoms with van der Waals surface area (Å²) in [6.07, 6.45) is 2.54. The molecule has 0 aliphatic carbocycles. The van der Waals surface area contributed by atoms with E-state index >= 15 is 0 Å². The highest BCUT2D eigenvalue weighted by atomic mass is 79.9. The molecule has 12 heavy (non-hydrogen) atoms. The standard InChI is InChI=1S/C9H10BrNO/c1-7(12)8-3-5-11-9(6-8)2-4-10/h3,5-6H,2,4H2,1H3. The van der Waals surface area contributed by atoms with Crippen LogP contribution >= 0.6 is 15.9 Å². The van der Waals surface area contributed by atoms with Crippen LogP contribution < -0.4 is 0 Å². The van der Waals surface area contributed by atoms with Crippen molar-refractivity contribution in [3.63, 3.8) is 0 Å². The molecule has 0 saturated carbocycles. The monoisotopic (exact) mass is 227 g/mol. The van der Waals surface area contributed by atoms with Crippen molar-refractivity contribution in [3.8, 4) is 0 Å². The molecule has 0 saturated heterocycles. The van der Waals surface area contributed by atoms with Crippen molar-refractivity contribution in [2.45, 2.75) is 13.3 Å². The molecule has 0 aliphatic heterocycles. The Hall–Kier alpha value is -0.700. The fourth-order valence-electron chi connectivity index (χ4n) is 0.931. The van der Waals surface area contributed by atoms with Gasteiger partial charge in [-0.2, -0.15) is 0 Å². The lowest BCUT2D eigenvalue weighted by Gasteiger charge is -1.98. The molecule has 1 heterocycles. The second-order valence-corrected chi connectivity index (χ2v) is 3.32. The fourth-order valence-corrected chi connectivity index (χ4v) is 1.34. The average molecular weight is 228 g/mol. The number of Topliss-reactive ketones (excluding diaryl/α,β-unsaturated/α-hetero) is 1. The van der Waals surface area contributed by atoms with Crippen LogP contribution in [0.15, 0.2) is 18.3 Å². The largest absolute Gasteiger partial charge is 0.295 e. The minimum atomic E-state index is 0.0909. The molecule has 1 rings (SSSR count). The van der Waals surface area contributed by atoms with Crippen LogP contribution in [0.4, 0.5) is 0 Å². The van der Waals surface area contributed by atoms with E-state index in [0.29, 0.717) is 0 Å². The number of hydrogen-bond donors (Lipinski definition) is 0. The fraction of sp³-hybridized carbons (Fsp3) is 0.333. The van der Waals surface area contributed by atoms with Crippen LogP contribution in [0.1, 0.15) is 23.0 Å².